The normalized spacial score (nSPS) is 20.1. The molecule has 0 unspecified atom stereocenters. The molecular weight excluding hydrogens is 228 g/mol. The van der Waals surface area contributed by atoms with Crippen molar-refractivity contribution in [2.75, 3.05) is 31.1 Å². The van der Waals surface area contributed by atoms with Crippen LogP contribution in [0.2, 0.25) is 0 Å². The Bertz CT molecular complexity index is 450. The van der Waals surface area contributed by atoms with Gasteiger partial charge in [0.05, 0.1) is 0 Å². The first kappa shape index (κ1) is 11.4. The van der Waals surface area contributed by atoms with E-state index in [1.807, 2.05) is 17.9 Å². The molecule has 0 radical (unpaired) electrons. The Morgan fingerprint density at radius 1 is 1.28 bits per heavy atom. The molecule has 5 nitrogen and oxygen atoms in total. The van der Waals surface area contributed by atoms with E-state index in [4.69, 9.17) is 0 Å². The third kappa shape index (κ3) is 2.30. The minimum Gasteiger partial charge on any atom is -0.339 e. The summed E-state index contributed by atoms with van der Waals surface area (Å²) in [6.07, 6.45) is 3.96. The molecule has 2 heterocycles. The van der Waals surface area contributed by atoms with Crippen LogP contribution in [0.4, 0.5) is 5.95 Å². The molecule has 1 saturated heterocycles. The summed E-state index contributed by atoms with van der Waals surface area (Å²) >= 11 is 0. The molecule has 0 atom stereocenters. The van der Waals surface area contributed by atoms with E-state index in [-0.39, 0.29) is 0 Å². The molecule has 1 amide bonds. The van der Waals surface area contributed by atoms with Crippen molar-refractivity contribution in [3.63, 3.8) is 0 Å². The molecule has 18 heavy (non-hydrogen) atoms. The summed E-state index contributed by atoms with van der Waals surface area (Å²) < 4.78 is 0. The van der Waals surface area contributed by atoms with Gasteiger partial charge in [0.25, 0.3) is 0 Å². The SMILES string of the molecule is Cc1ccnc(N2CCN(C(=O)C3CC3)CC2)n1. The van der Waals surface area contributed by atoms with Crippen LogP contribution in [0.1, 0.15) is 18.5 Å². The first-order valence-corrected chi connectivity index (χ1v) is 6.57. The number of carbonyl (C=O) groups excluding carboxylic acids is 1. The minimum atomic E-state index is 0.326. The Labute approximate surface area is 107 Å². The van der Waals surface area contributed by atoms with Crippen molar-refractivity contribution < 1.29 is 4.79 Å². The van der Waals surface area contributed by atoms with Crippen LogP contribution in [0.5, 0.6) is 0 Å². The minimum absolute atomic E-state index is 0.326. The lowest BCUT2D eigenvalue weighted by atomic mass is 10.2. The monoisotopic (exact) mass is 246 g/mol. The van der Waals surface area contributed by atoms with Gasteiger partial charge in [0.1, 0.15) is 0 Å². The van der Waals surface area contributed by atoms with Gasteiger partial charge in [0.2, 0.25) is 11.9 Å². The first-order chi connectivity index (χ1) is 8.74. The number of hydrogen-bond acceptors (Lipinski definition) is 4. The van der Waals surface area contributed by atoms with Crippen molar-refractivity contribution in [1.82, 2.24) is 14.9 Å². The lowest BCUT2D eigenvalue weighted by Gasteiger charge is -2.34. The number of amides is 1. The van der Waals surface area contributed by atoms with Crippen LogP contribution in [0.25, 0.3) is 0 Å². The average Bonchev–Trinajstić information content (AvgIpc) is 3.22. The first-order valence-electron chi connectivity index (χ1n) is 6.57. The molecule has 0 bridgehead atoms. The van der Waals surface area contributed by atoms with Crippen LogP contribution in [0, 0.1) is 12.8 Å². The molecule has 2 fully saturated rings. The average molecular weight is 246 g/mol. The van der Waals surface area contributed by atoms with Crippen molar-refractivity contribution in [2.45, 2.75) is 19.8 Å². The maximum absolute atomic E-state index is 11.9. The number of hydrogen-bond donors (Lipinski definition) is 0. The summed E-state index contributed by atoms with van der Waals surface area (Å²) in [4.78, 5) is 24.8. The fourth-order valence-corrected chi connectivity index (χ4v) is 2.30. The number of nitrogens with zero attached hydrogens (tertiary/aromatic N) is 4. The second kappa shape index (κ2) is 4.55. The summed E-state index contributed by atoms with van der Waals surface area (Å²) in [6, 6.07) is 1.90. The van der Waals surface area contributed by atoms with Gasteiger partial charge in [-0.3, -0.25) is 4.79 Å². The molecule has 1 aromatic heterocycles. The van der Waals surface area contributed by atoms with Gasteiger partial charge >= 0.3 is 0 Å². The number of aryl methyl sites for hydroxylation is 1. The largest absolute Gasteiger partial charge is 0.339 e. The number of carbonyl (C=O) groups is 1. The van der Waals surface area contributed by atoms with Crippen LogP contribution in [0.15, 0.2) is 12.3 Å². The van der Waals surface area contributed by atoms with Gasteiger partial charge in [0, 0.05) is 44.0 Å². The zero-order chi connectivity index (χ0) is 12.5. The lowest BCUT2D eigenvalue weighted by molar-refractivity contribution is -0.132. The van der Waals surface area contributed by atoms with Gasteiger partial charge in [0.15, 0.2) is 0 Å². The van der Waals surface area contributed by atoms with Gasteiger partial charge in [-0.25, -0.2) is 9.97 Å². The maximum atomic E-state index is 11.9. The van der Waals surface area contributed by atoms with Crippen molar-refractivity contribution in [3.05, 3.63) is 18.0 Å². The summed E-state index contributed by atoms with van der Waals surface area (Å²) in [5.74, 6) is 1.46. The summed E-state index contributed by atoms with van der Waals surface area (Å²) in [6.45, 7) is 5.24. The quantitative estimate of drug-likeness (QED) is 0.776. The zero-order valence-electron chi connectivity index (χ0n) is 10.7. The van der Waals surface area contributed by atoms with Gasteiger partial charge in [-0.1, -0.05) is 0 Å². The second-order valence-corrected chi connectivity index (χ2v) is 5.08. The van der Waals surface area contributed by atoms with Crippen LogP contribution >= 0.6 is 0 Å². The van der Waals surface area contributed by atoms with E-state index in [0.717, 1.165) is 50.7 Å². The van der Waals surface area contributed by atoms with Crippen LogP contribution in [0.3, 0.4) is 0 Å². The molecule has 1 aliphatic carbocycles. The fraction of sp³-hybridized carbons (Fsp3) is 0.615. The molecular formula is C13H18N4O. The van der Waals surface area contributed by atoms with Crippen molar-refractivity contribution in [3.8, 4) is 0 Å². The molecule has 96 valence electrons. The molecule has 3 rings (SSSR count). The Morgan fingerprint density at radius 2 is 2.00 bits per heavy atom. The van der Waals surface area contributed by atoms with Crippen molar-refractivity contribution in [2.24, 2.45) is 5.92 Å². The van der Waals surface area contributed by atoms with Crippen LogP contribution in [-0.2, 0) is 4.79 Å². The second-order valence-electron chi connectivity index (χ2n) is 5.08. The highest BCUT2D eigenvalue weighted by Gasteiger charge is 2.34. The summed E-state index contributed by atoms with van der Waals surface area (Å²) in [7, 11) is 0. The highest BCUT2D eigenvalue weighted by molar-refractivity contribution is 5.81. The van der Waals surface area contributed by atoms with E-state index in [2.05, 4.69) is 14.9 Å². The third-order valence-corrected chi connectivity index (χ3v) is 3.58. The van der Waals surface area contributed by atoms with Gasteiger partial charge in [-0.15, -0.1) is 0 Å². The zero-order valence-corrected chi connectivity index (χ0v) is 10.7. The van der Waals surface area contributed by atoms with Crippen LogP contribution in [-0.4, -0.2) is 47.0 Å². The summed E-state index contributed by atoms with van der Waals surface area (Å²) in [5, 5.41) is 0. The fourth-order valence-electron chi connectivity index (χ4n) is 2.30. The van der Waals surface area contributed by atoms with Crippen molar-refractivity contribution >= 4 is 11.9 Å². The molecule has 0 aromatic carbocycles. The lowest BCUT2D eigenvalue weighted by Crippen LogP contribution is -2.49. The molecule has 1 saturated carbocycles. The number of rotatable bonds is 2. The van der Waals surface area contributed by atoms with E-state index in [0.29, 0.717) is 11.8 Å². The van der Waals surface area contributed by atoms with Gasteiger partial charge in [-0.2, -0.15) is 0 Å². The third-order valence-electron chi connectivity index (χ3n) is 3.58. The highest BCUT2D eigenvalue weighted by Crippen LogP contribution is 2.31. The molecule has 2 aliphatic rings. The predicted octanol–water partition coefficient (Wildman–Crippen LogP) is 0.844. The van der Waals surface area contributed by atoms with E-state index >= 15 is 0 Å². The number of anilines is 1. The van der Waals surface area contributed by atoms with Gasteiger partial charge < -0.3 is 9.80 Å². The molecule has 0 N–H and O–H groups in total. The number of piperazine rings is 1. The predicted molar refractivity (Wildman–Crippen MR) is 68.3 cm³/mol. The molecule has 0 spiro atoms. The Hall–Kier alpha value is -1.65. The smallest absolute Gasteiger partial charge is 0.225 e. The van der Waals surface area contributed by atoms with E-state index in [1.54, 1.807) is 6.20 Å². The Morgan fingerprint density at radius 3 is 2.61 bits per heavy atom. The van der Waals surface area contributed by atoms with E-state index in [1.165, 1.54) is 0 Å². The Kier molecular flexibility index (Phi) is 2.89. The highest BCUT2D eigenvalue weighted by atomic mass is 16.2. The molecule has 1 aliphatic heterocycles. The van der Waals surface area contributed by atoms with Gasteiger partial charge in [-0.05, 0) is 25.8 Å². The summed E-state index contributed by atoms with van der Waals surface area (Å²) in [5.41, 5.74) is 0.983. The molecule has 5 heteroatoms. The van der Waals surface area contributed by atoms with Crippen molar-refractivity contribution in [1.29, 1.82) is 0 Å². The Balaban J connectivity index is 1.61. The maximum Gasteiger partial charge on any atom is 0.225 e. The molecule has 1 aromatic rings. The number of aromatic nitrogens is 2. The topological polar surface area (TPSA) is 49.3 Å². The van der Waals surface area contributed by atoms with E-state index in [9.17, 15) is 4.79 Å². The van der Waals surface area contributed by atoms with Crippen LogP contribution < -0.4 is 4.90 Å². The standard InChI is InChI=1S/C13H18N4O/c1-10-4-5-14-13(15-10)17-8-6-16(7-9-17)12(18)11-2-3-11/h4-5,11H,2-3,6-9H2,1H3. The van der Waals surface area contributed by atoms with E-state index < -0.39 is 0 Å².